The molecule has 3 heteroatoms. The Morgan fingerprint density at radius 1 is 1.17 bits per heavy atom. The number of likely N-dealkylation sites (tertiary alicyclic amines) is 1. The normalized spacial score (nSPS) is 32.2. The van der Waals surface area contributed by atoms with Crippen LogP contribution in [0.5, 0.6) is 5.75 Å². The first-order chi connectivity index (χ1) is 17.5. The van der Waals surface area contributed by atoms with Crippen molar-refractivity contribution in [2.45, 2.75) is 121 Å². The van der Waals surface area contributed by atoms with Crippen LogP contribution < -0.4 is 4.74 Å². The molecule has 5 atom stereocenters. The molecule has 1 aromatic rings. The van der Waals surface area contributed by atoms with Gasteiger partial charge in [-0.3, -0.25) is 9.69 Å². The molecule has 1 spiro atoms. The molecule has 3 aliphatic carbocycles. The zero-order valence-corrected chi connectivity index (χ0v) is 23.0. The zero-order chi connectivity index (χ0) is 25.0. The van der Waals surface area contributed by atoms with Crippen molar-refractivity contribution < 1.29 is 9.53 Å². The van der Waals surface area contributed by atoms with Gasteiger partial charge in [-0.2, -0.15) is 0 Å². The fourth-order valence-corrected chi connectivity index (χ4v) is 8.64. The highest BCUT2D eigenvalue weighted by Gasteiger charge is 2.61. The molecule has 2 aliphatic heterocycles. The molecule has 0 N–H and O–H groups in total. The third kappa shape index (κ3) is 3.91. The van der Waals surface area contributed by atoms with E-state index in [9.17, 15) is 4.79 Å². The number of ether oxygens (including phenoxy) is 1. The lowest BCUT2D eigenvalue weighted by atomic mass is 9.55. The van der Waals surface area contributed by atoms with Gasteiger partial charge in [0.15, 0.2) is 0 Å². The smallest absolute Gasteiger partial charge is 0.140 e. The first kappa shape index (κ1) is 24.7. The van der Waals surface area contributed by atoms with E-state index in [1.807, 2.05) is 0 Å². The van der Waals surface area contributed by atoms with Crippen molar-refractivity contribution in [3.8, 4) is 5.75 Å². The number of rotatable bonds is 10. The Morgan fingerprint density at radius 3 is 2.64 bits per heavy atom. The summed E-state index contributed by atoms with van der Waals surface area (Å²) < 4.78 is 7.03. The van der Waals surface area contributed by atoms with Gasteiger partial charge < -0.3 is 4.74 Å². The summed E-state index contributed by atoms with van der Waals surface area (Å²) in [7, 11) is 0. The minimum Gasteiger partial charge on any atom is -0.485 e. The molecule has 2 bridgehead atoms. The number of benzene rings is 1. The molecule has 1 saturated heterocycles. The predicted octanol–water partition coefficient (Wildman–Crippen LogP) is 7.36. The molecule has 2 saturated carbocycles. The van der Waals surface area contributed by atoms with Gasteiger partial charge in [0.25, 0.3) is 0 Å². The number of nitrogens with zero attached hydrogens (tertiary/aromatic N) is 1. The Balaban J connectivity index is 1.36. The van der Waals surface area contributed by atoms with Crippen molar-refractivity contribution in [3.63, 3.8) is 0 Å². The average molecular weight is 490 g/mol. The summed E-state index contributed by atoms with van der Waals surface area (Å²) in [5.74, 6) is 3.69. The Hall–Kier alpha value is -1.61. The molecule has 3 nitrogen and oxygen atoms in total. The maximum absolute atomic E-state index is 13.6. The number of piperidine rings is 1. The first-order valence-corrected chi connectivity index (χ1v) is 15.2. The van der Waals surface area contributed by atoms with Crippen LogP contribution >= 0.6 is 0 Å². The lowest BCUT2D eigenvalue weighted by Gasteiger charge is -2.55. The third-order valence-corrected chi connectivity index (χ3v) is 11.0. The first-order valence-electron chi connectivity index (χ1n) is 15.2. The van der Waals surface area contributed by atoms with Crippen molar-refractivity contribution in [1.82, 2.24) is 4.90 Å². The van der Waals surface area contributed by atoms with E-state index in [4.69, 9.17) is 4.74 Å². The molecule has 6 rings (SSSR count). The number of Topliss-reactive ketones (excluding diaryl/α,β-unsaturated/α-hetero) is 1. The predicted molar refractivity (Wildman–Crippen MR) is 147 cm³/mol. The lowest BCUT2D eigenvalue weighted by Crippen LogP contribution is -2.62. The zero-order valence-electron chi connectivity index (χ0n) is 23.0. The largest absolute Gasteiger partial charge is 0.485 e. The second kappa shape index (κ2) is 9.61. The van der Waals surface area contributed by atoms with Crippen LogP contribution in [0.15, 0.2) is 24.3 Å². The minimum absolute atomic E-state index is 0.0158. The Kier molecular flexibility index (Phi) is 6.59. The number of hydrogen-bond acceptors (Lipinski definition) is 3. The molecule has 0 aromatic heterocycles. The monoisotopic (exact) mass is 489 g/mol. The SMILES string of the molecule is C=C(CC)C1Oc2c(C(CC)C(=O)CCC3CCCC3)ccc3c2C12CCN(CC1CC1)C(C3)C2C. The van der Waals surface area contributed by atoms with Crippen LogP contribution in [0.3, 0.4) is 0 Å². The number of carbonyl (C=O) groups excluding carboxylic acids is 1. The summed E-state index contributed by atoms with van der Waals surface area (Å²) >= 11 is 0. The average Bonchev–Trinajstić information content (AvgIpc) is 3.41. The maximum Gasteiger partial charge on any atom is 0.140 e. The van der Waals surface area contributed by atoms with Gasteiger partial charge in [-0.15, -0.1) is 0 Å². The van der Waals surface area contributed by atoms with Crippen molar-refractivity contribution >= 4 is 5.78 Å². The van der Waals surface area contributed by atoms with E-state index in [2.05, 4.69) is 44.4 Å². The van der Waals surface area contributed by atoms with Crippen LogP contribution in [0.2, 0.25) is 0 Å². The molecule has 1 aromatic carbocycles. The molecular formula is C33H47NO2. The summed E-state index contributed by atoms with van der Waals surface area (Å²) in [6.45, 7) is 13.9. The van der Waals surface area contributed by atoms with Crippen molar-refractivity contribution in [1.29, 1.82) is 0 Å². The topological polar surface area (TPSA) is 29.5 Å². The number of fused-ring (bicyclic) bond motifs is 1. The minimum atomic E-state index is -0.0413. The van der Waals surface area contributed by atoms with E-state index >= 15 is 0 Å². The van der Waals surface area contributed by atoms with Crippen LogP contribution in [0, 0.1) is 17.8 Å². The maximum atomic E-state index is 13.6. The van der Waals surface area contributed by atoms with Crippen molar-refractivity contribution in [2.24, 2.45) is 17.8 Å². The number of hydrogen-bond donors (Lipinski definition) is 0. The van der Waals surface area contributed by atoms with Crippen LogP contribution in [0.4, 0.5) is 0 Å². The number of carbonyl (C=O) groups is 1. The van der Waals surface area contributed by atoms with E-state index in [0.717, 1.165) is 56.1 Å². The summed E-state index contributed by atoms with van der Waals surface area (Å²) in [4.78, 5) is 16.4. The second-order valence-corrected chi connectivity index (χ2v) is 12.9. The molecule has 5 aliphatic rings. The Bertz CT molecular complexity index is 1020. The summed E-state index contributed by atoms with van der Waals surface area (Å²) in [6, 6.07) is 5.25. The van der Waals surface area contributed by atoms with Gasteiger partial charge in [0, 0.05) is 41.5 Å². The van der Waals surface area contributed by atoms with Crippen molar-refractivity contribution in [2.75, 3.05) is 13.1 Å². The van der Waals surface area contributed by atoms with Gasteiger partial charge in [0.2, 0.25) is 0 Å². The fourth-order valence-electron chi connectivity index (χ4n) is 8.64. The second-order valence-electron chi connectivity index (χ2n) is 12.9. The molecule has 5 unspecified atom stereocenters. The Morgan fingerprint density at radius 2 is 1.94 bits per heavy atom. The quantitative estimate of drug-likeness (QED) is 0.322. The van der Waals surface area contributed by atoms with Crippen LogP contribution in [0.1, 0.15) is 114 Å². The van der Waals surface area contributed by atoms with Gasteiger partial charge in [-0.25, -0.2) is 0 Å². The van der Waals surface area contributed by atoms with Gasteiger partial charge in [-0.1, -0.05) is 65.2 Å². The van der Waals surface area contributed by atoms with Crippen LogP contribution in [-0.2, 0) is 16.6 Å². The summed E-state index contributed by atoms with van der Waals surface area (Å²) in [6.07, 6.45) is 14.1. The van der Waals surface area contributed by atoms with E-state index in [1.54, 1.807) is 0 Å². The molecular weight excluding hydrogens is 442 g/mol. The van der Waals surface area contributed by atoms with Crippen LogP contribution in [0.25, 0.3) is 0 Å². The molecule has 3 fully saturated rings. The fraction of sp³-hybridized carbons (Fsp3) is 0.727. The highest BCUT2D eigenvalue weighted by atomic mass is 16.5. The van der Waals surface area contributed by atoms with E-state index in [0.29, 0.717) is 17.7 Å². The third-order valence-electron chi connectivity index (χ3n) is 11.0. The van der Waals surface area contributed by atoms with Gasteiger partial charge in [0.05, 0.1) is 0 Å². The molecule has 2 heterocycles. The van der Waals surface area contributed by atoms with E-state index in [-0.39, 0.29) is 17.4 Å². The van der Waals surface area contributed by atoms with E-state index in [1.165, 1.54) is 73.9 Å². The van der Waals surface area contributed by atoms with E-state index < -0.39 is 0 Å². The molecule has 0 amide bonds. The van der Waals surface area contributed by atoms with Gasteiger partial charge in [0.1, 0.15) is 17.6 Å². The standard InChI is InChI=1S/C33H47NO2/c1-5-21(3)32-33-17-18-34(20-24-11-12-24)28(22(33)4)19-25-14-15-27(31(36-32)30(25)33)26(6-2)29(35)16-13-23-9-7-8-10-23/h14-15,22-24,26,28,32H,3,5-13,16-20H2,1-2,4H3. The highest BCUT2D eigenvalue weighted by molar-refractivity contribution is 5.87. The lowest BCUT2D eigenvalue weighted by molar-refractivity contribution is -0.120. The van der Waals surface area contributed by atoms with Gasteiger partial charge >= 0.3 is 0 Å². The Labute approximate surface area is 219 Å². The molecule has 0 radical (unpaired) electrons. The summed E-state index contributed by atoms with van der Waals surface area (Å²) in [5.41, 5.74) is 5.37. The molecule has 36 heavy (non-hydrogen) atoms. The molecule has 196 valence electrons. The van der Waals surface area contributed by atoms with Gasteiger partial charge in [-0.05, 0) is 80.4 Å². The highest BCUT2D eigenvalue weighted by Crippen LogP contribution is 2.61. The summed E-state index contributed by atoms with van der Waals surface area (Å²) in [5, 5.41) is 0. The van der Waals surface area contributed by atoms with Crippen molar-refractivity contribution in [3.05, 3.63) is 41.0 Å². The van der Waals surface area contributed by atoms with Crippen LogP contribution in [-0.4, -0.2) is 35.9 Å². The number of ketones is 1.